The highest BCUT2D eigenvalue weighted by Crippen LogP contribution is 2.47. The lowest BCUT2D eigenvalue weighted by Gasteiger charge is -2.47. The molecule has 108 valence electrons. The van der Waals surface area contributed by atoms with Crippen LogP contribution in [0.25, 0.3) is 0 Å². The van der Waals surface area contributed by atoms with E-state index in [0.717, 1.165) is 12.0 Å². The molecule has 0 aliphatic carbocycles. The Labute approximate surface area is 118 Å². The Hall–Kier alpha value is -0.830. The lowest BCUT2D eigenvalue weighted by molar-refractivity contribution is 0.287. The molecule has 0 aliphatic heterocycles. The van der Waals surface area contributed by atoms with Gasteiger partial charge in [-0.15, -0.1) is 0 Å². The van der Waals surface area contributed by atoms with E-state index in [2.05, 4.69) is 26.0 Å². The number of rotatable bonds is 6. The summed E-state index contributed by atoms with van der Waals surface area (Å²) >= 11 is 0. The molecule has 1 unspecified atom stereocenters. The fourth-order valence-electron chi connectivity index (χ4n) is 3.56. The third kappa shape index (κ3) is 2.45. The van der Waals surface area contributed by atoms with E-state index in [0.29, 0.717) is 12.8 Å². The molecule has 0 aromatic heterocycles. The van der Waals surface area contributed by atoms with Crippen molar-refractivity contribution >= 4 is 9.84 Å². The SMILES string of the molecule is CCC(C)(c1ccccc1)C(CC)(CC)S(C)(=O)=O. The van der Waals surface area contributed by atoms with Crippen LogP contribution < -0.4 is 0 Å². The molecule has 1 aromatic carbocycles. The molecule has 1 aromatic rings. The first-order valence-electron chi connectivity index (χ1n) is 7.04. The molecule has 0 heterocycles. The summed E-state index contributed by atoms with van der Waals surface area (Å²) in [5.41, 5.74) is 0.761. The molecular formula is C16H26O2S. The smallest absolute Gasteiger partial charge is 0.153 e. The predicted molar refractivity (Wildman–Crippen MR) is 82.2 cm³/mol. The van der Waals surface area contributed by atoms with Crippen LogP contribution in [0.1, 0.15) is 52.5 Å². The van der Waals surface area contributed by atoms with E-state index in [-0.39, 0.29) is 5.41 Å². The first-order valence-corrected chi connectivity index (χ1v) is 8.93. The van der Waals surface area contributed by atoms with Gasteiger partial charge in [0.2, 0.25) is 0 Å². The molecule has 1 rings (SSSR count). The van der Waals surface area contributed by atoms with Gasteiger partial charge in [-0.1, -0.05) is 58.0 Å². The Bertz CT molecular complexity index is 501. The van der Waals surface area contributed by atoms with Crippen LogP contribution in [-0.2, 0) is 15.3 Å². The van der Waals surface area contributed by atoms with E-state index in [4.69, 9.17) is 0 Å². The van der Waals surface area contributed by atoms with Gasteiger partial charge in [-0.05, 0) is 24.8 Å². The maximum atomic E-state index is 12.5. The summed E-state index contributed by atoms with van der Waals surface area (Å²) in [6.45, 7) is 8.15. The molecule has 1 atom stereocenters. The summed E-state index contributed by atoms with van der Waals surface area (Å²) in [6, 6.07) is 10.0. The molecule has 0 bridgehead atoms. The molecule has 0 spiro atoms. The number of hydrogen-bond acceptors (Lipinski definition) is 2. The van der Waals surface area contributed by atoms with Crippen LogP contribution >= 0.6 is 0 Å². The standard InChI is InChI=1S/C16H26O2S/c1-6-15(4,14-12-10-9-11-13-14)16(7-2,8-3)19(5,17)18/h9-13H,6-8H2,1-5H3. The summed E-state index contributed by atoms with van der Waals surface area (Å²) in [6.07, 6.45) is 3.48. The fraction of sp³-hybridized carbons (Fsp3) is 0.625. The monoisotopic (exact) mass is 282 g/mol. The molecule has 0 N–H and O–H groups in total. The Kier molecular flexibility index (Phi) is 4.83. The Morgan fingerprint density at radius 1 is 0.947 bits per heavy atom. The quantitative estimate of drug-likeness (QED) is 0.791. The molecule has 3 heteroatoms. The second kappa shape index (κ2) is 5.66. The average molecular weight is 282 g/mol. The number of benzene rings is 1. The van der Waals surface area contributed by atoms with Gasteiger partial charge in [0, 0.05) is 11.7 Å². The first kappa shape index (κ1) is 16.2. The zero-order valence-corrected chi connectivity index (χ0v) is 13.5. The van der Waals surface area contributed by atoms with Gasteiger partial charge < -0.3 is 0 Å². The number of hydrogen-bond donors (Lipinski definition) is 0. The van der Waals surface area contributed by atoms with Crippen molar-refractivity contribution in [3.63, 3.8) is 0 Å². The van der Waals surface area contributed by atoms with Crippen LogP contribution in [0.5, 0.6) is 0 Å². The van der Waals surface area contributed by atoms with E-state index in [9.17, 15) is 8.42 Å². The van der Waals surface area contributed by atoms with Crippen LogP contribution in [0.2, 0.25) is 0 Å². The molecule has 2 nitrogen and oxygen atoms in total. The fourth-order valence-corrected chi connectivity index (χ4v) is 5.69. The van der Waals surface area contributed by atoms with Crippen molar-refractivity contribution in [1.82, 2.24) is 0 Å². The van der Waals surface area contributed by atoms with Crippen molar-refractivity contribution in [3.05, 3.63) is 35.9 Å². The Morgan fingerprint density at radius 2 is 1.42 bits per heavy atom. The van der Waals surface area contributed by atoms with Crippen LogP contribution in [0, 0.1) is 0 Å². The molecule has 0 fully saturated rings. The highest BCUT2D eigenvalue weighted by atomic mass is 32.2. The maximum Gasteiger partial charge on any atom is 0.153 e. The van der Waals surface area contributed by atoms with E-state index >= 15 is 0 Å². The second-order valence-electron chi connectivity index (χ2n) is 5.53. The zero-order chi connectivity index (χ0) is 14.7. The van der Waals surface area contributed by atoms with Gasteiger partial charge in [-0.2, -0.15) is 0 Å². The minimum absolute atomic E-state index is 0.356. The van der Waals surface area contributed by atoms with Crippen molar-refractivity contribution in [2.24, 2.45) is 0 Å². The minimum atomic E-state index is -3.14. The van der Waals surface area contributed by atoms with E-state index in [1.54, 1.807) is 0 Å². The van der Waals surface area contributed by atoms with Crippen LogP contribution in [-0.4, -0.2) is 19.4 Å². The largest absolute Gasteiger partial charge is 0.229 e. The predicted octanol–water partition coefficient (Wildman–Crippen LogP) is 3.96. The highest BCUT2D eigenvalue weighted by molar-refractivity contribution is 7.92. The zero-order valence-electron chi connectivity index (χ0n) is 12.7. The van der Waals surface area contributed by atoms with Gasteiger partial charge in [0.15, 0.2) is 9.84 Å². The van der Waals surface area contributed by atoms with Crippen molar-refractivity contribution in [1.29, 1.82) is 0 Å². The van der Waals surface area contributed by atoms with E-state index in [1.807, 2.05) is 32.0 Å². The summed E-state index contributed by atoms with van der Waals surface area (Å²) in [4.78, 5) is 0. The Balaban J connectivity index is 3.58. The highest BCUT2D eigenvalue weighted by Gasteiger charge is 2.52. The van der Waals surface area contributed by atoms with Gasteiger partial charge in [-0.25, -0.2) is 8.42 Å². The number of sulfone groups is 1. The third-order valence-corrected chi connectivity index (χ3v) is 7.42. The molecule has 0 amide bonds. The van der Waals surface area contributed by atoms with Crippen molar-refractivity contribution in [2.45, 2.75) is 57.1 Å². The molecule has 0 saturated heterocycles. The second-order valence-corrected chi connectivity index (χ2v) is 7.85. The van der Waals surface area contributed by atoms with Crippen LogP contribution in [0.15, 0.2) is 30.3 Å². The van der Waals surface area contributed by atoms with Gasteiger partial charge >= 0.3 is 0 Å². The summed E-state index contributed by atoms with van der Waals surface area (Å²) in [5.74, 6) is 0. The van der Waals surface area contributed by atoms with E-state index in [1.165, 1.54) is 6.26 Å². The summed E-state index contributed by atoms with van der Waals surface area (Å²) in [5, 5.41) is 0. The van der Waals surface area contributed by atoms with Crippen molar-refractivity contribution in [2.75, 3.05) is 6.26 Å². The molecular weight excluding hydrogens is 256 g/mol. The Morgan fingerprint density at radius 3 is 1.74 bits per heavy atom. The van der Waals surface area contributed by atoms with Gasteiger partial charge in [0.05, 0.1) is 4.75 Å². The van der Waals surface area contributed by atoms with Crippen LogP contribution in [0.4, 0.5) is 0 Å². The van der Waals surface area contributed by atoms with Crippen molar-refractivity contribution < 1.29 is 8.42 Å². The summed E-state index contributed by atoms with van der Waals surface area (Å²) in [7, 11) is -3.14. The van der Waals surface area contributed by atoms with Gasteiger partial charge in [0.1, 0.15) is 0 Å². The minimum Gasteiger partial charge on any atom is -0.229 e. The maximum absolute atomic E-state index is 12.5. The molecule has 0 aliphatic rings. The van der Waals surface area contributed by atoms with Crippen LogP contribution in [0.3, 0.4) is 0 Å². The summed E-state index contributed by atoms with van der Waals surface area (Å²) < 4.78 is 24.3. The lowest BCUT2D eigenvalue weighted by atomic mass is 9.67. The lowest BCUT2D eigenvalue weighted by Crippen LogP contribution is -2.54. The molecule has 0 saturated carbocycles. The topological polar surface area (TPSA) is 34.1 Å². The normalized spacial score (nSPS) is 16.1. The average Bonchev–Trinajstić information content (AvgIpc) is 2.39. The van der Waals surface area contributed by atoms with Gasteiger partial charge in [0.25, 0.3) is 0 Å². The molecule has 0 radical (unpaired) electrons. The molecule has 19 heavy (non-hydrogen) atoms. The van der Waals surface area contributed by atoms with Crippen molar-refractivity contribution in [3.8, 4) is 0 Å². The van der Waals surface area contributed by atoms with Gasteiger partial charge in [-0.3, -0.25) is 0 Å². The third-order valence-electron chi connectivity index (χ3n) is 4.98. The first-order chi connectivity index (χ1) is 8.79. The van der Waals surface area contributed by atoms with E-state index < -0.39 is 14.6 Å².